The number of hydrogen-bond donors (Lipinski definition) is 2. The van der Waals surface area contributed by atoms with E-state index >= 15 is 0 Å². The van der Waals surface area contributed by atoms with E-state index in [1.54, 1.807) is 37.3 Å². The molecule has 1 atom stereocenters. The molecule has 2 N–H and O–H groups in total. The van der Waals surface area contributed by atoms with Crippen molar-refractivity contribution in [3.63, 3.8) is 0 Å². The SMILES string of the molecule is CN1C(NC(=O)c2ccccc2)=N[C@](C)(c2nc(NC(=O)c3ccn(C(F)F)n3)cs2)CS1(=O)=O. The van der Waals surface area contributed by atoms with Gasteiger partial charge in [0.1, 0.15) is 22.1 Å². The summed E-state index contributed by atoms with van der Waals surface area (Å²) in [7, 11) is -2.59. The molecule has 1 aliphatic rings. The lowest BCUT2D eigenvalue weighted by atomic mass is 10.1. The molecule has 3 heterocycles. The number of sulfonamides is 1. The van der Waals surface area contributed by atoms with Crippen LogP contribution < -0.4 is 10.6 Å². The van der Waals surface area contributed by atoms with Crippen LogP contribution in [0.1, 0.15) is 39.3 Å². The third-order valence-electron chi connectivity index (χ3n) is 5.04. The van der Waals surface area contributed by atoms with Gasteiger partial charge in [-0.15, -0.1) is 11.3 Å². The fourth-order valence-corrected chi connectivity index (χ4v) is 5.63. The molecule has 2 amide bonds. The maximum absolute atomic E-state index is 12.9. The predicted molar refractivity (Wildman–Crippen MR) is 124 cm³/mol. The number of alkyl halides is 2. The Morgan fingerprint density at radius 1 is 1.14 bits per heavy atom. The normalized spacial score (nSPS) is 19.3. The lowest BCUT2D eigenvalue weighted by Crippen LogP contribution is -2.53. The topological polar surface area (TPSA) is 139 Å². The van der Waals surface area contributed by atoms with Crippen molar-refractivity contribution in [3.8, 4) is 0 Å². The Kier molecular flexibility index (Phi) is 6.38. The fourth-order valence-electron chi connectivity index (χ4n) is 3.23. The van der Waals surface area contributed by atoms with E-state index in [0.717, 1.165) is 27.9 Å². The van der Waals surface area contributed by atoms with Crippen molar-refractivity contribution in [2.24, 2.45) is 4.99 Å². The van der Waals surface area contributed by atoms with Crippen LogP contribution in [-0.2, 0) is 15.6 Å². The molecule has 15 heteroatoms. The average molecular weight is 524 g/mol. The van der Waals surface area contributed by atoms with E-state index in [4.69, 9.17) is 0 Å². The van der Waals surface area contributed by atoms with Gasteiger partial charge in [0.2, 0.25) is 16.0 Å². The van der Waals surface area contributed by atoms with Crippen LogP contribution in [0.15, 0.2) is 53.0 Å². The number of aromatic nitrogens is 3. The molecule has 1 aliphatic heterocycles. The Bertz CT molecular complexity index is 1410. The van der Waals surface area contributed by atoms with E-state index in [9.17, 15) is 26.8 Å². The van der Waals surface area contributed by atoms with E-state index in [-0.39, 0.29) is 22.5 Å². The molecular formula is C20H19F2N7O4S2. The van der Waals surface area contributed by atoms with Crippen molar-refractivity contribution in [3.05, 3.63) is 64.2 Å². The Hall–Kier alpha value is -3.72. The minimum absolute atomic E-state index is 0.0734. The highest BCUT2D eigenvalue weighted by atomic mass is 32.2. The van der Waals surface area contributed by atoms with E-state index in [2.05, 4.69) is 25.7 Å². The first-order valence-corrected chi connectivity index (χ1v) is 12.5. The molecule has 184 valence electrons. The average Bonchev–Trinajstić information content (AvgIpc) is 3.48. The van der Waals surface area contributed by atoms with Crippen molar-refractivity contribution >= 4 is 45.0 Å². The Morgan fingerprint density at radius 2 is 1.86 bits per heavy atom. The third kappa shape index (κ3) is 5.05. The van der Waals surface area contributed by atoms with Gasteiger partial charge in [-0.25, -0.2) is 27.4 Å². The van der Waals surface area contributed by atoms with E-state index in [1.165, 1.54) is 12.4 Å². The fraction of sp³-hybridized carbons (Fsp3) is 0.250. The number of nitrogens with zero attached hydrogens (tertiary/aromatic N) is 5. The summed E-state index contributed by atoms with van der Waals surface area (Å²) in [6.07, 6.45) is 0.969. The van der Waals surface area contributed by atoms with Gasteiger partial charge in [0.25, 0.3) is 11.8 Å². The third-order valence-corrected chi connectivity index (χ3v) is 8.07. The second kappa shape index (κ2) is 9.14. The van der Waals surface area contributed by atoms with Gasteiger partial charge in [-0.3, -0.25) is 14.9 Å². The monoisotopic (exact) mass is 523 g/mol. The van der Waals surface area contributed by atoms with Crippen LogP contribution in [0.25, 0.3) is 0 Å². The molecule has 0 saturated carbocycles. The Morgan fingerprint density at radius 3 is 2.51 bits per heavy atom. The summed E-state index contributed by atoms with van der Waals surface area (Å²) >= 11 is 1.05. The van der Waals surface area contributed by atoms with Gasteiger partial charge in [-0.05, 0) is 25.1 Å². The number of nitrogens with one attached hydrogen (secondary N) is 2. The number of hydrogen-bond acceptors (Lipinski definition) is 8. The largest absolute Gasteiger partial charge is 0.333 e. The van der Waals surface area contributed by atoms with Crippen molar-refractivity contribution < 1.29 is 26.8 Å². The van der Waals surface area contributed by atoms with Crippen molar-refractivity contribution in [2.45, 2.75) is 19.0 Å². The molecule has 2 aromatic heterocycles. The molecule has 4 rings (SSSR count). The lowest BCUT2D eigenvalue weighted by molar-refractivity contribution is 0.0561. The zero-order valence-electron chi connectivity index (χ0n) is 18.3. The second-order valence-electron chi connectivity index (χ2n) is 7.70. The molecule has 0 spiro atoms. The second-order valence-corrected chi connectivity index (χ2v) is 10.6. The van der Waals surface area contributed by atoms with Gasteiger partial charge in [0, 0.05) is 24.2 Å². The number of thiazole rings is 1. The number of rotatable bonds is 5. The number of carbonyl (C=O) groups excluding carboxylic acids is 2. The van der Waals surface area contributed by atoms with Crippen molar-refractivity contribution in [1.29, 1.82) is 0 Å². The van der Waals surface area contributed by atoms with Gasteiger partial charge < -0.3 is 5.32 Å². The van der Waals surface area contributed by atoms with E-state index in [1.807, 2.05) is 0 Å². The van der Waals surface area contributed by atoms with Gasteiger partial charge in [-0.1, -0.05) is 18.2 Å². The Labute approximate surface area is 202 Å². The molecule has 0 unspecified atom stereocenters. The van der Waals surface area contributed by atoms with E-state index < -0.39 is 39.7 Å². The summed E-state index contributed by atoms with van der Waals surface area (Å²) in [5.74, 6) is -1.83. The van der Waals surface area contributed by atoms with Gasteiger partial charge >= 0.3 is 6.55 Å². The van der Waals surface area contributed by atoms with Gasteiger partial charge in [-0.2, -0.15) is 13.9 Å². The van der Waals surface area contributed by atoms with Crippen LogP contribution in [0.5, 0.6) is 0 Å². The van der Waals surface area contributed by atoms with Crippen LogP contribution in [0.3, 0.4) is 0 Å². The van der Waals surface area contributed by atoms with Crippen molar-refractivity contribution in [2.75, 3.05) is 18.1 Å². The molecule has 0 radical (unpaired) electrons. The maximum Gasteiger partial charge on any atom is 0.333 e. The zero-order chi connectivity index (χ0) is 25.4. The highest BCUT2D eigenvalue weighted by Gasteiger charge is 2.43. The highest BCUT2D eigenvalue weighted by molar-refractivity contribution is 7.89. The zero-order valence-corrected chi connectivity index (χ0v) is 20.0. The summed E-state index contributed by atoms with van der Waals surface area (Å²) in [6, 6.07) is 9.37. The highest BCUT2D eigenvalue weighted by Crippen LogP contribution is 2.35. The van der Waals surface area contributed by atoms with Crippen LogP contribution in [0.4, 0.5) is 14.6 Å². The molecule has 3 aromatic rings. The summed E-state index contributed by atoms with van der Waals surface area (Å²) < 4.78 is 52.3. The lowest BCUT2D eigenvalue weighted by Gasteiger charge is -2.34. The molecule has 11 nitrogen and oxygen atoms in total. The minimum Gasteiger partial charge on any atom is -0.304 e. The molecule has 0 aliphatic carbocycles. The van der Waals surface area contributed by atoms with Crippen LogP contribution >= 0.6 is 11.3 Å². The smallest absolute Gasteiger partial charge is 0.304 e. The number of halogens is 2. The first-order valence-electron chi connectivity index (χ1n) is 10.0. The summed E-state index contributed by atoms with van der Waals surface area (Å²) in [5.41, 5.74) is -1.28. The minimum atomic E-state index is -3.87. The van der Waals surface area contributed by atoms with Gasteiger partial charge in [0.05, 0.1) is 0 Å². The standard InChI is InChI=1S/C20H19F2N7O4S2/c1-20(17-24-14(10-34-17)23-16(31)13-8-9-29(27-13)18(21)22)11-35(32,33)28(2)19(26-20)25-15(30)12-6-4-3-5-7-12/h3-10,18H,11H2,1-2H3,(H,23,31)(H,25,26,30)/t20-/m0/s1. The predicted octanol–water partition coefficient (Wildman–Crippen LogP) is 2.26. The number of carbonyl (C=O) groups is 2. The van der Waals surface area contributed by atoms with Crippen LogP contribution in [0, 0.1) is 0 Å². The van der Waals surface area contributed by atoms with Gasteiger partial charge in [0.15, 0.2) is 5.69 Å². The first-order chi connectivity index (χ1) is 16.5. The number of benzene rings is 1. The molecule has 0 saturated heterocycles. The number of aliphatic imine (C=N–C) groups is 1. The molecule has 35 heavy (non-hydrogen) atoms. The van der Waals surface area contributed by atoms with E-state index in [0.29, 0.717) is 10.2 Å². The molecule has 0 fully saturated rings. The van der Waals surface area contributed by atoms with Crippen LogP contribution in [0.2, 0.25) is 0 Å². The van der Waals surface area contributed by atoms with Crippen molar-refractivity contribution in [1.82, 2.24) is 24.4 Å². The summed E-state index contributed by atoms with van der Waals surface area (Å²) in [5, 5.41) is 10.2. The summed E-state index contributed by atoms with van der Waals surface area (Å²) in [6.45, 7) is -1.34. The quantitative estimate of drug-likeness (QED) is 0.526. The maximum atomic E-state index is 12.9. The van der Waals surface area contributed by atoms with Crippen LogP contribution in [-0.4, -0.2) is 58.1 Å². The molecule has 1 aromatic carbocycles. The first kappa shape index (κ1) is 24.4. The molecular weight excluding hydrogens is 504 g/mol. The molecule has 0 bridgehead atoms. The number of amides is 2. The number of anilines is 1. The number of guanidine groups is 1. The summed E-state index contributed by atoms with van der Waals surface area (Å²) in [4.78, 5) is 33.7. The Balaban J connectivity index is 1.58.